The van der Waals surface area contributed by atoms with E-state index in [2.05, 4.69) is 29.4 Å². The number of piperazine rings is 1. The molecule has 0 spiro atoms. The van der Waals surface area contributed by atoms with Gasteiger partial charge in [-0.25, -0.2) is 0 Å². The van der Waals surface area contributed by atoms with Crippen LogP contribution in [0.4, 0.5) is 0 Å². The van der Waals surface area contributed by atoms with Gasteiger partial charge in [0.25, 0.3) is 0 Å². The highest BCUT2D eigenvalue weighted by atomic mass is 15.2. The first kappa shape index (κ1) is 14.9. The Kier molecular flexibility index (Phi) is 8.67. The average molecular weight is 241 g/mol. The van der Waals surface area contributed by atoms with E-state index in [1.807, 2.05) is 0 Å². The summed E-state index contributed by atoms with van der Waals surface area (Å²) in [7, 11) is 0. The highest BCUT2D eigenvalue weighted by Gasteiger charge is 2.07. The average Bonchev–Trinajstić information content (AvgIpc) is 2.33. The predicted octanol–water partition coefficient (Wildman–Crippen LogP) is 1.70. The van der Waals surface area contributed by atoms with Gasteiger partial charge in [0, 0.05) is 26.2 Å². The molecular weight excluding hydrogens is 210 g/mol. The molecule has 0 atom stereocenters. The van der Waals surface area contributed by atoms with Crippen molar-refractivity contribution in [2.45, 2.75) is 39.5 Å². The van der Waals surface area contributed by atoms with Crippen molar-refractivity contribution < 1.29 is 0 Å². The molecule has 2 N–H and O–H groups in total. The molecule has 0 aromatic heterocycles. The maximum Gasteiger partial charge on any atom is 0.0107 e. The fourth-order valence-electron chi connectivity index (χ4n) is 2.28. The van der Waals surface area contributed by atoms with Crippen LogP contribution < -0.4 is 10.6 Å². The van der Waals surface area contributed by atoms with Crippen LogP contribution in [0.5, 0.6) is 0 Å². The summed E-state index contributed by atoms with van der Waals surface area (Å²) >= 11 is 0. The molecule has 3 nitrogen and oxygen atoms in total. The SMILES string of the molecule is CC(C)CCCNCCCCN1CCNCC1. The Labute approximate surface area is 107 Å². The summed E-state index contributed by atoms with van der Waals surface area (Å²) in [5, 5.41) is 6.94. The summed E-state index contributed by atoms with van der Waals surface area (Å²) in [6.45, 7) is 13.1. The summed E-state index contributed by atoms with van der Waals surface area (Å²) in [6.07, 6.45) is 5.35. The lowest BCUT2D eigenvalue weighted by molar-refractivity contribution is 0.236. The first-order valence-corrected chi connectivity index (χ1v) is 7.43. The minimum atomic E-state index is 0.851. The molecule has 102 valence electrons. The maximum absolute atomic E-state index is 3.55. The van der Waals surface area contributed by atoms with E-state index in [4.69, 9.17) is 0 Å². The van der Waals surface area contributed by atoms with E-state index < -0.39 is 0 Å². The van der Waals surface area contributed by atoms with Gasteiger partial charge in [-0.3, -0.25) is 0 Å². The molecule has 17 heavy (non-hydrogen) atoms. The van der Waals surface area contributed by atoms with Gasteiger partial charge in [-0.15, -0.1) is 0 Å². The Balaban J connectivity index is 1.78. The van der Waals surface area contributed by atoms with Crippen molar-refractivity contribution in [1.29, 1.82) is 0 Å². The molecule has 1 saturated heterocycles. The van der Waals surface area contributed by atoms with Crippen LogP contribution >= 0.6 is 0 Å². The third kappa shape index (κ3) is 8.58. The van der Waals surface area contributed by atoms with E-state index in [1.165, 1.54) is 71.5 Å². The molecule has 0 radical (unpaired) electrons. The zero-order valence-corrected chi connectivity index (χ0v) is 11.8. The number of nitrogens with one attached hydrogen (secondary N) is 2. The minimum Gasteiger partial charge on any atom is -0.317 e. The molecule has 1 fully saturated rings. The van der Waals surface area contributed by atoms with Gasteiger partial charge in [-0.1, -0.05) is 13.8 Å². The standard InChI is InChI=1S/C14H31N3/c1-14(2)6-5-8-15-7-3-4-11-17-12-9-16-10-13-17/h14-16H,3-13H2,1-2H3. The predicted molar refractivity (Wildman–Crippen MR) is 75.5 cm³/mol. The number of nitrogens with zero attached hydrogens (tertiary/aromatic N) is 1. The number of unbranched alkanes of at least 4 members (excludes halogenated alkanes) is 1. The van der Waals surface area contributed by atoms with Crippen LogP contribution in [0.15, 0.2) is 0 Å². The third-order valence-electron chi connectivity index (χ3n) is 3.42. The fourth-order valence-corrected chi connectivity index (χ4v) is 2.28. The lowest BCUT2D eigenvalue weighted by atomic mass is 10.1. The summed E-state index contributed by atoms with van der Waals surface area (Å²) < 4.78 is 0. The molecule has 1 aliphatic rings. The largest absolute Gasteiger partial charge is 0.317 e. The molecule has 0 amide bonds. The van der Waals surface area contributed by atoms with E-state index in [9.17, 15) is 0 Å². The summed E-state index contributed by atoms with van der Waals surface area (Å²) in [6, 6.07) is 0. The Morgan fingerprint density at radius 2 is 1.76 bits per heavy atom. The molecular formula is C14H31N3. The normalized spacial score (nSPS) is 17.8. The Morgan fingerprint density at radius 1 is 1.06 bits per heavy atom. The molecule has 0 bridgehead atoms. The van der Waals surface area contributed by atoms with E-state index in [0.29, 0.717) is 0 Å². The zero-order valence-electron chi connectivity index (χ0n) is 11.8. The number of hydrogen-bond acceptors (Lipinski definition) is 3. The Hall–Kier alpha value is -0.120. The van der Waals surface area contributed by atoms with Crippen LogP contribution in [0.3, 0.4) is 0 Å². The van der Waals surface area contributed by atoms with E-state index in [1.54, 1.807) is 0 Å². The molecule has 1 aliphatic heterocycles. The summed E-state index contributed by atoms with van der Waals surface area (Å²) in [5.74, 6) is 0.851. The first-order valence-electron chi connectivity index (χ1n) is 7.43. The maximum atomic E-state index is 3.55. The van der Waals surface area contributed by atoms with Gasteiger partial charge in [0.15, 0.2) is 0 Å². The summed E-state index contributed by atoms with van der Waals surface area (Å²) in [4.78, 5) is 2.58. The fraction of sp³-hybridized carbons (Fsp3) is 1.00. The van der Waals surface area contributed by atoms with E-state index in [-0.39, 0.29) is 0 Å². The third-order valence-corrected chi connectivity index (χ3v) is 3.42. The molecule has 1 heterocycles. The molecule has 0 unspecified atom stereocenters. The quantitative estimate of drug-likeness (QED) is 0.602. The van der Waals surface area contributed by atoms with Gasteiger partial charge in [-0.05, 0) is 51.2 Å². The van der Waals surface area contributed by atoms with Crippen molar-refractivity contribution in [2.24, 2.45) is 5.92 Å². The highest BCUT2D eigenvalue weighted by Crippen LogP contribution is 2.02. The molecule has 0 saturated carbocycles. The molecule has 0 aromatic carbocycles. The van der Waals surface area contributed by atoms with E-state index >= 15 is 0 Å². The van der Waals surface area contributed by atoms with Gasteiger partial charge >= 0.3 is 0 Å². The first-order chi connectivity index (χ1) is 8.29. The van der Waals surface area contributed by atoms with Crippen molar-refractivity contribution in [2.75, 3.05) is 45.8 Å². The molecule has 1 rings (SSSR count). The smallest absolute Gasteiger partial charge is 0.0107 e. The van der Waals surface area contributed by atoms with Gasteiger partial charge in [-0.2, -0.15) is 0 Å². The van der Waals surface area contributed by atoms with Crippen molar-refractivity contribution in [3.8, 4) is 0 Å². The molecule has 3 heteroatoms. The van der Waals surface area contributed by atoms with Gasteiger partial charge in [0.05, 0.1) is 0 Å². The van der Waals surface area contributed by atoms with Crippen molar-refractivity contribution in [3.05, 3.63) is 0 Å². The van der Waals surface area contributed by atoms with Crippen molar-refractivity contribution >= 4 is 0 Å². The lowest BCUT2D eigenvalue weighted by Gasteiger charge is -2.27. The monoisotopic (exact) mass is 241 g/mol. The van der Waals surface area contributed by atoms with E-state index in [0.717, 1.165) is 5.92 Å². The second-order valence-electron chi connectivity index (χ2n) is 5.58. The zero-order chi connectivity index (χ0) is 12.3. The van der Waals surface area contributed by atoms with Crippen LogP contribution in [-0.2, 0) is 0 Å². The summed E-state index contributed by atoms with van der Waals surface area (Å²) in [5.41, 5.74) is 0. The molecule has 0 aromatic rings. The van der Waals surface area contributed by atoms with Crippen molar-refractivity contribution in [1.82, 2.24) is 15.5 Å². The van der Waals surface area contributed by atoms with Crippen LogP contribution in [0.25, 0.3) is 0 Å². The van der Waals surface area contributed by atoms with Gasteiger partial charge in [0.1, 0.15) is 0 Å². The Morgan fingerprint density at radius 3 is 2.47 bits per heavy atom. The minimum absolute atomic E-state index is 0.851. The molecule has 0 aliphatic carbocycles. The van der Waals surface area contributed by atoms with Crippen LogP contribution in [0.1, 0.15) is 39.5 Å². The Bertz CT molecular complexity index is 165. The van der Waals surface area contributed by atoms with Gasteiger partial charge < -0.3 is 15.5 Å². The van der Waals surface area contributed by atoms with Crippen molar-refractivity contribution in [3.63, 3.8) is 0 Å². The van der Waals surface area contributed by atoms with Crippen LogP contribution in [-0.4, -0.2) is 50.7 Å². The topological polar surface area (TPSA) is 27.3 Å². The van der Waals surface area contributed by atoms with Gasteiger partial charge in [0.2, 0.25) is 0 Å². The lowest BCUT2D eigenvalue weighted by Crippen LogP contribution is -2.43. The number of hydrogen-bond donors (Lipinski definition) is 2. The highest BCUT2D eigenvalue weighted by molar-refractivity contribution is 4.67. The van der Waals surface area contributed by atoms with Crippen LogP contribution in [0.2, 0.25) is 0 Å². The number of rotatable bonds is 9. The van der Waals surface area contributed by atoms with Crippen LogP contribution in [0, 0.1) is 5.92 Å². The second-order valence-corrected chi connectivity index (χ2v) is 5.58. The second kappa shape index (κ2) is 9.86.